The quantitative estimate of drug-likeness (QED) is 0.343. The van der Waals surface area contributed by atoms with E-state index in [1.165, 1.54) is 19.2 Å². The summed E-state index contributed by atoms with van der Waals surface area (Å²) in [5.74, 6) is 0.991. The molecular weight excluding hydrogens is 568 g/mol. The van der Waals surface area contributed by atoms with E-state index in [4.69, 9.17) is 14.2 Å². The van der Waals surface area contributed by atoms with Gasteiger partial charge < -0.3 is 24.4 Å². The Kier molecular flexibility index (Phi) is 7.11. The molecule has 2 N–H and O–H groups in total. The second-order valence-electron chi connectivity index (χ2n) is 7.43. The van der Waals surface area contributed by atoms with E-state index in [0.29, 0.717) is 42.9 Å². The Morgan fingerprint density at radius 1 is 0.941 bits per heavy atom. The van der Waals surface area contributed by atoms with Crippen LogP contribution in [0.5, 0.6) is 17.2 Å². The lowest BCUT2D eigenvalue weighted by Gasteiger charge is -2.15. The zero-order valence-corrected chi connectivity index (χ0v) is 21.4. The Bertz CT molecular complexity index is 1270. The summed E-state index contributed by atoms with van der Waals surface area (Å²) in [6.45, 7) is 0. The Hall–Kier alpha value is -3.07. The molecule has 8 heteroatoms. The number of cyclic esters (lactones) is 1. The van der Waals surface area contributed by atoms with Crippen LogP contribution in [0.15, 0.2) is 80.9 Å². The van der Waals surface area contributed by atoms with Crippen LogP contribution < -0.4 is 9.47 Å². The van der Waals surface area contributed by atoms with Gasteiger partial charge in [-0.1, -0.05) is 24.3 Å². The number of aliphatic hydroxyl groups is 1. The van der Waals surface area contributed by atoms with Crippen molar-refractivity contribution in [3.63, 3.8) is 0 Å². The molecule has 1 aliphatic rings. The summed E-state index contributed by atoms with van der Waals surface area (Å²) in [6.07, 6.45) is 0.440. The van der Waals surface area contributed by atoms with Gasteiger partial charge in [-0.2, -0.15) is 0 Å². The van der Waals surface area contributed by atoms with Gasteiger partial charge in [0.15, 0.2) is 0 Å². The molecular formula is C26H20Br2O6. The summed E-state index contributed by atoms with van der Waals surface area (Å²) in [5.41, 5.74) is 2.40. The first-order chi connectivity index (χ1) is 16.3. The summed E-state index contributed by atoms with van der Waals surface area (Å²) in [4.78, 5) is 13.0. The molecule has 1 heterocycles. The van der Waals surface area contributed by atoms with Gasteiger partial charge in [0.25, 0.3) is 0 Å². The van der Waals surface area contributed by atoms with Gasteiger partial charge in [-0.15, -0.1) is 0 Å². The topological polar surface area (TPSA) is 85.2 Å². The third-order valence-electron chi connectivity index (χ3n) is 5.32. The van der Waals surface area contributed by atoms with Crippen LogP contribution in [0.2, 0.25) is 0 Å². The molecule has 0 aromatic heterocycles. The predicted octanol–water partition coefficient (Wildman–Crippen LogP) is 6.02. The van der Waals surface area contributed by atoms with Gasteiger partial charge >= 0.3 is 5.97 Å². The molecule has 6 nitrogen and oxygen atoms in total. The second kappa shape index (κ2) is 10.0. The Morgan fingerprint density at radius 2 is 1.56 bits per heavy atom. The highest BCUT2D eigenvalue weighted by Gasteiger charge is 2.36. The minimum atomic E-state index is -1.28. The predicted molar refractivity (Wildman–Crippen MR) is 135 cm³/mol. The summed E-state index contributed by atoms with van der Waals surface area (Å²) in [5, 5.41) is 21.1. The number of phenolic OH excluding ortho intramolecular Hbond substituents is 1. The van der Waals surface area contributed by atoms with Gasteiger partial charge in [0.2, 0.25) is 0 Å². The van der Waals surface area contributed by atoms with Crippen LogP contribution in [-0.4, -0.2) is 30.4 Å². The van der Waals surface area contributed by atoms with Crippen LogP contribution in [0.25, 0.3) is 11.6 Å². The second-order valence-corrected chi connectivity index (χ2v) is 9.14. The number of allylic oxidation sites excluding steroid dienone is 1. The van der Waals surface area contributed by atoms with Crippen molar-refractivity contribution in [3.05, 3.63) is 97.6 Å². The largest absolute Gasteiger partial charge is 0.508 e. The smallest absolute Gasteiger partial charge is 0.343 e. The van der Waals surface area contributed by atoms with Crippen LogP contribution in [0, 0.1) is 0 Å². The first kappa shape index (κ1) is 24.1. The van der Waals surface area contributed by atoms with E-state index in [1.54, 1.807) is 49.6 Å². The molecule has 0 saturated carbocycles. The summed E-state index contributed by atoms with van der Waals surface area (Å²) >= 11 is 6.88. The number of hydrogen-bond acceptors (Lipinski definition) is 6. The van der Waals surface area contributed by atoms with Gasteiger partial charge in [0, 0.05) is 5.57 Å². The Labute approximate surface area is 213 Å². The van der Waals surface area contributed by atoms with Crippen LogP contribution in [0.4, 0.5) is 0 Å². The zero-order chi connectivity index (χ0) is 24.4. The summed E-state index contributed by atoms with van der Waals surface area (Å²) in [7, 11) is 3.12. The molecule has 0 aliphatic carbocycles. The lowest BCUT2D eigenvalue weighted by molar-refractivity contribution is -0.134. The Morgan fingerprint density at radius 3 is 2.12 bits per heavy atom. The highest BCUT2D eigenvalue weighted by Crippen LogP contribution is 2.44. The molecule has 3 aromatic carbocycles. The molecule has 0 saturated heterocycles. The molecule has 0 spiro atoms. The van der Waals surface area contributed by atoms with Crippen molar-refractivity contribution < 1.29 is 29.2 Å². The molecule has 3 aromatic rings. The number of esters is 1. The number of methoxy groups -OCH3 is 2. The fourth-order valence-corrected chi connectivity index (χ4v) is 5.21. The number of hydrogen-bond donors (Lipinski definition) is 2. The maximum atomic E-state index is 13.0. The number of aromatic hydroxyl groups is 1. The van der Waals surface area contributed by atoms with Crippen molar-refractivity contribution in [3.8, 4) is 17.2 Å². The highest BCUT2D eigenvalue weighted by atomic mass is 79.9. The van der Waals surface area contributed by atoms with E-state index in [1.807, 2.05) is 12.1 Å². The van der Waals surface area contributed by atoms with Crippen LogP contribution in [-0.2, 0) is 9.53 Å². The number of ether oxygens (including phenoxy) is 3. The molecule has 0 radical (unpaired) electrons. The lowest BCUT2D eigenvalue weighted by Crippen LogP contribution is -2.10. The van der Waals surface area contributed by atoms with Crippen LogP contribution >= 0.6 is 31.9 Å². The summed E-state index contributed by atoms with van der Waals surface area (Å²) in [6, 6.07) is 17.0. The molecule has 34 heavy (non-hydrogen) atoms. The fourth-order valence-electron chi connectivity index (χ4n) is 3.67. The van der Waals surface area contributed by atoms with Gasteiger partial charge in [0.1, 0.15) is 29.1 Å². The first-order valence-electron chi connectivity index (χ1n) is 10.1. The van der Waals surface area contributed by atoms with Crippen molar-refractivity contribution >= 4 is 49.5 Å². The van der Waals surface area contributed by atoms with Gasteiger partial charge in [-0.3, -0.25) is 0 Å². The van der Waals surface area contributed by atoms with E-state index < -0.39 is 12.1 Å². The van der Waals surface area contributed by atoms with Crippen molar-refractivity contribution in [2.75, 3.05) is 14.2 Å². The lowest BCUT2D eigenvalue weighted by atomic mass is 9.92. The SMILES string of the molecule is COc1ccc(/C=C2\OC(=O)C(C(O)c3cc(Br)c(OC)c(Br)c3)=C2c2ccc(O)cc2)cc1. The third-order valence-corrected chi connectivity index (χ3v) is 6.50. The molecule has 0 amide bonds. The number of halogens is 2. The molecule has 0 fully saturated rings. The number of rotatable bonds is 6. The molecule has 4 rings (SSSR count). The van der Waals surface area contributed by atoms with Crippen molar-refractivity contribution in [2.45, 2.75) is 6.10 Å². The molecule has 0 bridgehead atoms. The maximum absolute atomic E-state index is 13.0. The first-order valence-corrected chi connectivity index (χ1v) is 11.7. The van der Waals surface area contributed by atoms with E-state index in [0.717, 1.165) is 5.56 Å². The van der Waals surface area contributed by atoms with E-state index >= 15 is 0 Å². The zero-order valence-electron chi connectivity index (χ0n) is 18.2. The van der Waals surface area contributed by atoms with E-state index in [9.17, 15) is 15.0 Å². The van der Waals surface area contributed by atoms with Gasteiger partial charge in [0.05, 0.1) is 28.7 Å². The maximum Gasteiger partial charge on any atom is 0.343 e. The van der Waals surface area contributed by atoms with Gasteiger partial charge in [-0.05, 0) is 91.0 Å². The average Bonchev–Trinajstić information content (AvgIpc) is 3.14. The number of carbonyl (C=O) groups excluding carboxylic acids is 1. The number of phenols is 1. The minimum absolute atomic E-state index is 0.0837. The highest BCUT2D eigenvalue weighted by molar-refractivity contribution is 9.11. The molecule has 174 valence electrons. The standard InChI is InChI=1S/C26H20Br2O6/c1-32-18-9-3-14(4-10-18)11-21-22(15-5-7-17(29)8-6-15)23(26(31)34-21)24(30)16-12-19(27)25(33-2)20(28)13-16/h3-13,24,29-30H,1-2H3/b21-11-. The van der Waals surface area contributed by atoms with E-state index in [-0.39, 0.29) is 11.3 Å². The minimum Gasteiger partial charge on any atom is -0.508 e. The normalized spacial score (nSPS) is 15.4. The van der Waals surface area contributed by atoms with Crippen LogP contribution in [0.3, 0.4) is 0 Å². The molecule has 1 unspecified atom stereocenters. The van der Waals surface area contributed by atoms with E-state index in [2.05, 4.69) is 31.9 Å². The number of carbonyl (C=O) groups is 1. The van der Waals surface area contributed by atoms with Crippen LogP contribution in [0.1, 0.15) is 22.8 Å². The third kappa shape index (κ3) is 4.75. The molecule has 1 atom stereocenters. The van der Waals surface area contributed by atoms with Crippen molar-refractivity contribution in [2.24, 2.45) is 0 Å². The number of benzene rings is 3. The monoisotopic (exact) mass is 586 g/mol. The molecule has 1 aliphatic heterocycles. The summed E-state index contributed by atoms with van der Waals surface area (Å²) < 4.78 is 17.4. The Balaban J connectivity index is 1.87. The number of aliphatic hydroxyl groups excluding tert-OH is 1. The van der Waals surface area contributed by atoms with Crippen molar-refractivity contribution in [1.29, 1.82) is 0 Å². The average molecular weight is 588 g/mol. The van der Waals surface area contributed by atoms with Crippen molar-refractivity contribution in [1.82, 2.24) is 0 Å². The fraction of sp³-hybridized carbons (Fsp3) is 0.115. The van der Waals surface area contributed by atoms with Gasteiger partial charge in [-0.25, -0.2) is 4.79 Å².